The molecule has 3 unspecified atom stereocenters. The van der Waals surface area contributed by atoms with Crippen LogP contribution in [0.1, 0.15) is 38.1 Å². The second-order valence-electron chi connectivity index (χ2n) is 5.35. The molecule has 108 valence electrons. The van der Waals surface area contributed by atoms with Crippen LogP contribution in [0.3, 0.4) is 0 Å². The maximum atomic E-state index is 6.41. The third-order valence-corrected chi connectivity index (χ3v) is 4.44. The van der Waals surface area contributed by atoms with Crippen molar-refractivity contribution in [3.05, 3.63) is 16.4 Å². The molecule has 2 heterocycles. The van der Waals surface area contributed by atoms with Gasteiger partial charge in [-0.25, -0.2) is 0 Å². The van der Waals surface area contributed by atoms with Gasteiger partial charge in [-0.2, -0.15) is 5.10 Å². The van der Waals surface area contributed by atoms with Crippen LogP contribution in [0.15, 0.2) is 0 Å². The van der Waals surface area contributed by atoms with Crippen LogP contribution >= 0.6 is 11.6 Å². The summed E-state index contributed by atoms with van der Waals surface area (Å²) in [5.74, 6) is 0. The molecule has 0 aromatic carbocycles. The van der Waals surface area contributed by atoms with Crippen LogP contribution in [-0.2, 0) is 24.6 Å². The Morgan fingerprint density at radius 3 is 2.74 bits per heavy atom. The summed E-state index contributed by atoms with van der Waals surface area (Å²) in [4.78, 5) is 0. The molecule has 2 rings (SSSR count). The predicted molar refractivity (Wildman–Crippen MR) is 77.7 cm³/mol. The van der Waals surface area contributed by atoms with E-state index in [2.05, 4.69) is 24.3 Å². The molecule has 0 amide bonds. The lowest BCUT2D eigenvalue weighted by molar-refractivity contribution is 0.0334. The molecule has 0 spiro atoms. The number of halogens is 1. The molecule has 0 bridgehead atoms. The van der Waals surface area contributed by atoms with Gasteiger partial charge in [0.2, 0.25) is 0 Å². The van der Waals surface area contributed by atoms with E-state index in [1.54, 1.807) is 0 Å². The first kappa shape index (κ1) is 14.8. The highest BCUT2D eigenvalue weighted by Gasteiger charge is 2.30. The summed E-state index contributed by atoms with van der Waals surface area (Å²) in [5.41, 5.74) is 2.08. The third-order valence-electron chi connectivity index (χ3n) is 4.00. The Labute approximate surface area is 120 Å². The van der Waals surface area contributed by atoms with E-state index >= 15 is 0 Å². The van der Waals surface area contributed by atoms with Crippen LogP contribution in [-0.4, -0.2) is 35.1 Å². The number of hydrogen-bond donors (Lipinski definition) is 1. The van der Waals surface area contributed by atoms with E-state index in [9.17, 15) is 0 Å². The lowest BCUT2D eigenvalue weighted by Gasteiger charge is -2.23. The van der Waals surface area contributed by atoms with Crippen LogP contribution in [0.25, 0.3) is 0 Å². The van der Waals surface area contributed by atoms with Crippen molar-refractivity contribution >= 4 is 11.6 Å². The molecule has 0 radical (unpaired) electrons. The van der Waals surface area contributed by atoms with Crippen molar-refractivity contribution in [2.75, 3.05) is 7.05 Å². The van der Waals surface area contributed by atoms with Gasteiger partial charge < -0.3 is 10.1 Å². The fourth-order valence-electron chi connectivity index (χ4n) is 2.80. The van der Waals surface area contributed by atoms with Gasteiger partial charge in [0.15, 0.2) is 0 Å². The number of nitrogens with zero attached hydrogens (tertiary/aromatic N) is 2. The van der Waals surface area contributed by atoms with Gasteiger partial charge in [-0.1, -0.05) is 18.5 Å². The first-order valence-corrected chi connectivity index (χ1v) is 7.47. The molecule has 1 aliphatic heterocycles. The van der Waals surface area contributed by atoms with Gasteiger partial charge in [0.1, 0.15) is 0 Å². The number of rotatable bonds is 5. The number of hydrogen-bond acceptors (Lipinski definition) is 3. The molecule has 0 saturated carbocycles. The maximum Gasteiger partial charge on any atom is 0.0850 e. The van der Waals surface area contributed by atoms with E-state index in [4.69, 9.17) is 16.3 Å². The van der Waals surface area contributed by atoms with E-state index in [1.807, 2.05) is 18.8 Å². The first-order chi connectivity index (χ1) is 9.06. The summed E-state index contributed by atoms with van der Waals surface area (Å²) in [5, 5.41) is 8.66. The maximum absolute atomic E-state index is 6.41. The molecule has 1 fully saturated rings. The van der Waals surface area contributed by atoms with Gasteiger partial charge >= 0.3 is 0 Å². The van der Waals surface area contributed by atoms with Gasteiger partial charge in [0, 0.05) is 19.5 Å². The number of likely N-dealkylation sites (N-methyl/N-ethyl adjacent to an activating group) is 1. The molecule has 5 heteroatoms. The molecular formula is C14H24ClN3O. The third kappa shape index (κ3) is 3.12. The van der Waals surface area contributed by atoms with E-state index in [-0.39, 0.29) is 6.10 Å². The van der Waals surface area contributed by atoms with Gasteiger partial charge in [-0.3, -0.25) is 4.68 Å². The molecule has 19 heavy (non-hydrogen) atoms. The van der Waals surface area contributed by atoms with Crippen molar-refractivity contribution in [3.8, 4) is 0 Å². The van der Waals surface area contributed by atoms with E-state index in [1.165, 1.54) is 0 Å². The molecule has 1 aromatic heterocycles. The van der Waals surface area contributed by atoms with Crippen LogP contribution in [0, 0.1) is 0 Å². The topological polar surface area (TPSA) is 39.1 Å². The van der Waals surface area contributed by atoms with E-state index in [0.717, 1.165) is 42.1 Å². The van der Waals surface area contributed by atoms with Crippen LogP contribution in [0.4, 0.5) is 0 Å². The highest BCUT2D eigenvalue weighted by Crippen LogP contribution is 2.27. The number of aryl methyl sites for hydroxylation is 2. The minimum atomic E-state index is 0.274. The quantitative estimate of drug-likeness (QED) is 0.902. The first-order valence-electron chi connectivity index (χ1n) is 7.09. The zero-order chi connectivity index (χ0) is 14.0. The second kappa shape index (κ2) is 6.25. The average Bonchev–Trinajstić information content (AvgIpc) is 2.92. The standard InChI is InChI=1S/C14H24ClN3O/c1-5-10-14(15)12(18(4)17-10)8-11(16-3)13-7-6-9(2)19-13/h9,11,13,16H,5-8H2,1-4H3. The lowest BCUT2D eigenvalue weighted by atomic mass is 10.0. The summed E-state index contributed by atoms with van der Waals surface area (Å²) < 4.78 is 7.87. The summed E-state index contributed by atoms with van der Waals surface area (Å²) in [6.07, 6.45) is 4.62. The highest BCUT2D eigenvalue weighted by atomic mass is 35.5. The van der Waals surface area contributed by atoms with Crippen LogP contribution in [0.5, 0.6) is 0 Å². The van der Waals surface area contributed by atoms with E-state index in [0.29, 0.717) is 12.1 Å². The zero-order valence-corrected chi connectivity index (χ0v) is 13.0. The fourth-order valence-corrected chi connectivity index (χ4v) is 3.17. The Morgan fingerprint density at radius 1 is 1.53 bits per heavy atom. The summed E-state index contributed by atoms with van der Waals surface area (Å²) in [6, 6.07) is 0.294. The van der Waals surface area contributed by atoms with Crippen molar-refractivity contribution in [3.63, 3.8) is 0 Å². The van der Waals surface area contributed by atoms with Gasteiger partial charge in [-0.15, -0.1) is 0 Å². The second-order valence-corrected chi connectivity index (χ2v) is 5.72. The summed E-state index contributed by atoms with van der Waals surface area (Å²) in [6.45, 7) is 4.22. The van der Waals surface area contributed by atoms with Crippen molar-refractivity contribution in [1.29, 1.82) is 0 Å². The molecule has 1 saturated heterocycles. The van der Waals surface area contributed by atoms with Crippen molar-refractivity contribution in [2.45, 2.75) is 57.8 Å². The van der Waals surface area contributed by atoms with Crippen molar-refractivity contribution < 1.29 is 4.74 Å². The molecule has 1 N–H and O–H groups in total. The highest BCUT2D eigenvalue weighted by molar-refractivity contribution is 6.31. The zero-order valence-electron chi connectivity index (χ0n) is 12.2. The molecule has 3 atom stereocenters. The predicted octanol–water partition coefficient (Wildman–Crippen LogP) is 2.33. The lowest BCUT2D eigenvalue weighted by Crippen LogP contribution is -2.40. The smallest absolute Gasteiger partial charge is 0.0850 e. The average molecular weight is 286 g/mol. The number of nitrogens with one attached hydrogen (secondary N) is 1. The number of aromatic nitrogens is 2. The Morgan fingerprint density at radius 2 is 2.26 bits per heavy atom. The fraction of sp³-hybridized carbons (Fsp3) is 0.786. The number of ether oxygens (including phenoxy) is 1. The van der Waals surface area contributed by atoms with Gasteiger partial charge in [-0.05, 0) is 33.2 Å². The van der Waals surface area contributed by atoms with Crippen molar-refractivity contribution in [2.24, 2.45) is 7.05 Å². The van der Waals surface area contributed by atoms with Crippen LogP contribution in [0.2, 0.25) is 5.02 Å². The SMILES string of the molecule is CCc1nn(C)c(CC(NC)C2CCC(C)O2)c1Cl. The minimum absolute atomic E-state index is 0.274. The minimum Gasteiger partial charge on any atom is -0.374 e. The molecule has 4 nitrogen and oxygen atoms in total. The van der Waals surface area contributed by atoms with Gasteiger partial charge in [0.25, 0.3) is 0 Å². The van der Waals surface area contributed by atoms with Crippen molar-refractivity contribution in [1.82, 2.24) is 15.1 Å². The Balaban J connectivity index is 2.12. The molecule has 1 aliphatic rings. The van der Waals surface area contributed by atoms with E-state index < -0.39 is 0 Å². The summed E-state index contributed by atoms with van der Waals surface area (Å²) in [7, 11) is 3.95. The largest absolute Gasteiger partial charge is 0.374 e. The Kier molecular flexibility index (Phi) is 4.87. The van der Waals surface area contributed by atoms with Gasteiger partial charge in [0.05, 0.1) is 28.6 Å². The Hall–Kier alpha value is -0.580. The monoisotopic (exact) mass is 285 g/mol. The summed E-state index contributed by atoms with van der Waals surface area (Å²) >= 11 is 6.41. The Bertz CT molecular complexity index is 433. The normalized spacial score (nSPS) is 24.9. The molecule has 1 aromatic rings. The molecular weight excluding hydrogens is 262 g/mol. The molecule has 0 aliphatic carbocycles. The van der Waals surface area contributed by atoms with Crippen LogP contribution < -0.4 is 5.32 Å².